The van der Waals surface area contributed by atoms with Crippen LogP contribution < -0.4 is 9.64 Å². The summed E-state index contributed by atoms with van der Waals surface area (Å²) >= 11 is 0. The Morgan fingerprint density at radius 3 is 2.32 bits per heavy atom. The fourth-order valence-electron chi connectivity index (χ4n) is 3.41. The van der Waals surface area contributed by atoms with Gasteiger partial charge in [0.2, 0.25) is 10.0 Å². The number of hydrogen-bond donors (Lipinski definition) is 0. The Kier molecular flexibility index (Phi) is 5.84. The van der Waals surface area contributed by atoms with Gasteiger partial charge in [0, 0.05) is 37.8 Å². The second kappa shape index (κ2) is 8.56. The van der Waals surface area contributed by atoms with Crippen molar-refractivity contribution in [1.82, 2.24) is 14.3 Å². The van der Waals surface area contributed by atoms with E-state index in [-0.39, 0.29) is 13.1 Å². The van der Waals surface area contributed by atoms with Gasteiger partial charge in [-0.3, -0.25) is 0 Å². The number of benzene rings is 2. The van der Waals surface area contributed by atoms with E-state index in [4.69, 9.17) is 4.74 Å². The van der Waals surface area contributed by atoms with Gasteiger partial charge in [0.05, 0.1) is 12.8 Å². The van der Waals surface area contributed by atoms with Crippen molar-refractivity contribution in [2.75, 3.05) is 38.2 Å². The maximum absolute atomic E-state index is 14.0. The van der Waals surface area contributed by atoms with Crippen molar-refractivity contribution in [1.29, 1.82) is 0 Å². The van der Waals surface area contributed by atoms with Crippen molar-refractivity contribution < 1.29 is 21.9 Å². The fraction of sp³-hybridized carbons (Fsp3) is 0.238. The average Bonchev–Trinajstić information content (AvgIpc) is 2.81. The van der Waals surface area contributed by atoms with Crippen LogP contribution in [0.15, 0.2) is 59.8 Å². The van der Waals surface area contributed by atoms with Gasteiger partial charge >= 0.3 is 0 Å². The van der Waals surface area contributed by atoms with E-state index >= 15 is 0 Å². The standard InChI is InChI=1S/C21H20F2N4O3S/c1-30-17-5-2-15(3-6-17)19-13-21(25-14-24-19)26-8-10-27(11-9-26)31(28,29)20-12-16(22)4-7-18(20)23/h2-7,12-14H,8-11H2,1H3. The molecule has 162 valence electrons. The number of aromatic nitrogens is 2. The summed E-state index contributed by atoms with van der Waals surface area (Å²) in [5.74, 6) is -0.366. The average molecular weight is 446 g/mol. The minimum absolute atomic E-state index is 0.125. The molecule has 0 unspecified atom stereocenters. The van der Waals surface area contributed by atoms with Gasteiger partial charge in [0.25, 0.3) is 0 Å². The Labute approximate surface area is 179 Å². The van der Waals surface area contributed by atoms with Crippen molar-refractivity contribution in [3.8, 4) is 17.0 Å². The molecule has 3 aromatic rings. The number of anilines is 1. The molecule has 2 aromatic carbocycles. The van der Waals surface area contributed by atoms with Crippen molar-refractivity contribution in [3.05, 3.63) is 66.5 Å². The molecule has 0 N–H and O–H groups in total. The third-order valence-electron chi connectivity index (χ3n) is 5.11. The highest BCUT2D eigenvalue weighted by Crippen LogP contribution is 2.26. The van der Waals surface area contributed by atoms with Gasteiger partial charge in [0.15, 0.2) is 0 Å². The third-order valence-corrected chi connectivity index (χ3v) is 7.03. The zero-order valence-corrected chi connectivity index (χ0v) is 17.5. The number of rotatable bonds is 5. The molecule has 2 heterocycles. The summed E-state index contributed by atoms with van der Waals surface area (Å²) in [6, 6.07) is 11.7. The van der Waals surface area contributed by atoms with Crippen LogP contribution in [0.1, 0.15) is 0 Å². The van der Waals surface area contributed by atoms with E-state index in [1.807, 2.05) is 35.2 Å². The molecule has 1 aromatic heterocycles. The molecule has 4 rings (SSSR count). The monoisotopic (exact) mass is 446 g/mol. The lowest BCUT2D eigenvalue weighted by atomic mass is 10.1. The molecule has 1 aliphatic rings. The second-order valence-corrected chi connectivity index (χ2v) is 8.86. The van der Waals surface area contributed by atoms with E-state index in [1.54, 1.807) is 7.11 Å². The Morgan fingerprint density at radius 2 is 1.65 bits per heavy atom. The smallest absolute Gasteiger partial charge is 0.246 e. The summed E-state index contributed by atoms with van der Waals surface area (Å²) in [4.78, 5) is 9.90. The number of sulfonamides is 1. The molecule has 1 fully saturated rings. The van der Waals surface area contributed by atoms with E-state index in [2.05, 4.69) is 9.97 Å². The lowest BCUT2D eigenvalue weighted by Crippen LogP contribution is -2.49. The van der Waals surface area contributed by atoms with Crippen molar-refractivity contribution in [3.63, 3.8) is 0 Å². The molecule has 0 bridgehead atoms. The van der Waals surface area contributed by atoms with Gasteiger partial charge in [-0.15, -0.1) is 0 Å². The van der Waals surface area contributed by atoms with Gasteiger partial charge in [-0.2, -0.15) is 4.31 Å². The molecule has 0 radical (unpaired) electrons. The van der Waals surface area contributed by atoms with Gasteiger partial charge < -0.3 is 9.64 Å². The topological polar surface area (TPSA) is 75.6 Å². The van der Waals surface area contributed by atoms with E-state index in [0.29, 0.717) is 25.0 Å². The number of methoxy groups -OCH3 is 1. The van der Waals surface area contributed by atoms with Gasteiger partial charge in [-0.25, -0.2) is 27.2 Å². The van der Waals surface area contributed by atoms with Crippen LogP contribution >= 0.6 is 0 Å². The van der Waals surface area contributed by atoms with Crippen LogP contribution in [0, 0.1) is 11.6 Å². The lowest BCUT2D eigenvalue weighted by Gasteiger charge is -2.34. The molecule has 10 heteroatoms. The molecular formula is C21H20F2N4O3S. The molecule has 0 amide bonds. The maximum atomic E-state index is 14.0. The fourth-order valence-corrected chi connectivity index (χ4v) is 4.91. The van der Waals surface area contributed by atoms with Crippen LogP contribution in [0.2, 0.25) is 0 Å². The summed E-state index contributed by atoms with van der Waals surface area (Å²) in [6.45, 7) is 0.963. The van der Waals surface area contributed by atoms with Crippen molar-refractivity contribution in [2.45, 2.75) is 4.90 Å². The Balaban J connectivity index is 1.49. The van der Waals surface area contributed by atoms with Gasteiger partial charge in [0.1, 0.15) is 34.4 Å². The number of hydrogen-bond acceptors (Lipinski definition) is 6. The van der Waals surface area contributed by atoms with E-state index in [0.717, 1.165) is 33.4 Å². The lowest BCUT2D eigenvalue weighted by molar-refractivity contribution is 0.381. The molecule has 31 heavy (non-hydrogen) atoms. The number of piperazine rings is 1. The summed E-state index contributed by atoms with van der Waals surface area (Å²) in [5, 5.41) is 0. The molecule has 7 nitrogen and oxygen atoms in total. The number of halogens is 2. The second-order valence-electron chi connectivity index (χ2n) is 6.96. The molecule has 0 atom stereocenters. The first-order valence-electron chi connectivity index (χ1n) is 9.55. The van der Waals surface area contributed by atoms with Crippen molar-refractivity contribution in [2.24, 2.45) is 0 Å². The SMILES string of the molecule is COc1ccc(-c2cc(N3CCN(S(=O)(=O)c4cc(F)ccc4F)CC3)ncn2)cc1. The van der Waals surface area contributed by atoms with E-state index in [9.17, 15) is 17.2 Å². The normalized spacial score (nSPS) is 15.1. The first-order valence-corrected chi connectivity index (χ1v) is 11.0. The minimum Gasteiger partial charge on any atom is -0.497 e. The summed E-state index contributed by atoms with van der Waals surface area (Å²) in [7, 11) is -2.53. The van der Waals surface area contributed by atoms with Gasteiger partial charge in [-0.05, 0) is 42.5 Å². The van der Waals surface area contributed by atoms with Crippen LogP contribution in [0.3, 0.4) is 0 Å². The number of ether oxygens (including phenoxy) is 1. The first-order chi connectivity index (χ1) is 14.9. The highest BCUT2D eigenvalue weighted by molar-refractivity contribution is 7.89. The van der Waals surface area contributed by atoms with Crippen LogP contribution in [0.5, 0.6) is 5.75 Å². The molecule has 0 aliphatic carbocycles. The minimum atomic E-state index is -4.13. The van der Waals surface area contributed by atoms with Crippen molar-refractivity contribution >= 4 is 15.8 Å². The Hall–Kier alpha value is -3.11. The third kappa shape index (κ3) is 4.35. The quantitative estimate of drug-likeness (QED) is 0.600. The van der Waals surface area contributed by atoms with E-state index < -0.39 is 26.6 Å². The highest BCUT2D eigenvalue weighted by atomic mass is 32.2. The zero-order valence-electron chi connectivity index (χ0n) is 16.7. The number of nitrogens with zero attached hydrogens (tertiary/aromatic N) is 4. The predicted octanol–water partition coefficient (Wildman–Crippen LogP) is 2.94. The van der Waals surface area contributed by atoms with Crippen LogP contribution in [-0.4, -0.2) is 56.0 Å². The Bertz CT molecular complexity index is 1180. The maximum Gasteiger partial charge on any atom is 0.246 e. The summed E-state index contributed by atoms with van der Waals surface area (Å²) in [6.07, 6.45) is 1.46. The van der Waals surface area contributed by atoms with Crippen LogP contribution in [-0.2, 0) is 10.0 Å². The Morgan fingerprint density at radius 1 is 0.935 bits per heavy atom. The molecule has 1 aliphatic heterocycles. The molecule has 0 spiro atoms. The van der Waals surface area contributed by atoms with Gasteiger partial charge in [-0.1, -0.05) is 0 Å². The summed E-state index contributed by atoms with van der Waals surface area (Å²) < 4.78 is 59.3. The van der Waals surface area contributed by atoms with Crippen LogP contribution in [0.25, 0.3) is 11.3 Å². The molecular weight excluding hydrogens is 426 g/mol. The molecule has 0 saturated carbocycles. The molecule has 1 saturated heterocycles. The first kappa shape index (κ1) is 21.1. The largest absolute Gasteiger partial charge is 0.497 e. The highest BCUT2D eigenvalue weighted by Gasteiger charge is 2.31. The van der Waals surface area contributed by atoms with E-state index in [1.165, 1.54) is 6.33 Å². The summed E-state index contributed by atoms with van der Waals surface area (Å²) in [5.41, 5.74) is 1.62. The van der Waals surface area contributed by atoms with Crippen LogP contribution in [0.4, 0.5) is 14.6 Å². The predicted molar refractivity (Wildman–Crippen MR) is 111 cm³/mol. The zero-order chi connectivity index (χ0) is 22.0.